The predicted octanol–water partition coefficient (Wildman–Crippen LogP) is 3.63. The number of aromatic nitrogens is 1. The van der Waals surface area contributed by atoms with E-state index in [1.165, 1.54) is 56.2 Å². The maximum absolute atomic E-state index is 4.62. The molecule has 0 aliphatic heterocycles. The van der Waals surface area contributed by atoms with Gasteiger partial charge in [-0.15, -0.1) is 0 Å². The fraction of sp³-hybridized carbons (Fsp3) is 0.688. The summed E-state index contributed by atoms with van der Waals surface area (Å²) in [7, 11) is 0. The number of fused-ring (bicyclic) bond motifs is 1. The molecule has 3 rings (SSSR count). The molecule has 0 saturated heterocycles. The minimum atomic E-state index is 0.508. The molecule has 1 N–H and O–H groups in total. The second-order valence-electron chi connectivity index (χ2n) is 6.12. The molecular weight excluding hydrogens is 220 g/mol. The molecule has 2 heteroatoms. The molecule has 1 atom stereocenters. The SMILES string of the molecule is CC1CCC(N[C@H]2CCCc3cccnc32)CC1. The topological polar surface area (TPSA) is 24.9 Å². The van der Waals surface area contributed by atoms with Crippen LogP contribution in [0, 0.1) is 5.92 Å². The molecule has 0 amide bonds. The number of pyridine rings is 1. The number of hydrogen-bond acceptors (Lipinski definition) is 2. The highest BCUT2D eigenvalue weighted by molar-refractivity contribution is 5.25. The van der Waals surface area contributed by atoms with Gasteiger partial charge in [-0.1, -0.05) is 13.0 Å². The number of aryl methyl sites for hydroxylation is 1. The highest BCUT2D eigenvalue weighted by Crippen LogP contribution is 2.31. The van der Waals surface area contributed by atoms with Gasteiger partial charge in [-0.3, -0.25) is 4.98 Å². The van der Waals surface area contributed by atoms with E-state index in [0.717, 1.165) is 12.0 Å². The Balaban J connectivity index is 1.67. The third-order valence-corrected chi connectivity index (χ3v) is 4.65. The highest BCUT2D eigenvalue weighted by Gasteiger charge is 2.25. The lowest BCUT2D eigenvalue weighted by Crippen LogP contribution is -2.37. The number of hydrogen-bond donors (Lipinski definition) is 1. The van der Waals surface area contributed by atoms with Crippen LogP contribution in [-0.4, -0.2) is 11.0 Å². The molecule has 2 aliphatic carbocycles. The first-order chi connectivity index (χ1) is 8.83. The lowest BCUT2D eigenvalue weighted by atomic mass is 9.85. The second kappa shape index (κ2) is 5.40. The molecule has 18 heavy (non-hydrogen) atoms. The maximum Gasteiger partial charge on any atom is 0.0605 e. The Hall–Kier alpha value is -0.890. The van der Waals surface area contributed by atoms with Crippen molar-refractivity contribution < 1.29 is 0 Å². The van der Waals surface area contributed by atoms with Crippen LogP contribution in [0.3, 0.4) is 0 Å². The van der Waals surface area contributed by atoms with Gasteiger partial charge in [0.1, 0.15) is 0 Å². The van der Waals surface area contributed by atoms with Gasteiger partial charge in [0.15, 0.2) is 0 Å². The van der Waals surface area contributed by atoms with Crippen molar-refractivity contribution in [2.45, 2.75) is 64.0 Å². The summed E-state index contributed by atoms with van der Waals surface area (Å²) in [6.07, 6.45) is 11.2. The summed E-state index contributed by atoms with van der Waals surface area (Å²) in [6, 6.07) is 5.55. The van der Waals surface area contributed by atoms with Crippen LogP contribution in [0.25, 0.3) is 0 Å². The molecule has 2 aliphatic rings. The first kappa shape index (κ1) is 12.2. The van der Waals surface area contributed by atoms with Crippen molar-refractivity contribution in [3.63, 3.8) is 0 Å². The van der Waals surface area contributed by atoms with Crippen LogP contribution in [0.5, 0.6) is 0 Å². The number of nitrogens with one attached hydrogen (secondary N) is 1. The van der Waals surface area contributed by atoms with Crippen molar-refractivity contribution in [3.8, 4) is 0 Å². The first-order valence-electron chi connectivity index (χ1n) is 7.53. The Morgan fingerprint density at radius 3 is 2.83 bits per heavy atom. The van der Waals surface area contributed by atoms with Crippen LogP contribution in [-0.2, 0) is 6.42 Å². The molecule has 0 aromatic carbocycles. The zero-order valence-electron chi connectivity index (χ0n) is 11.4. The number of nitrogens with zero attached hydrogens (tertiary/aromatic N) is 1. The van der Waals surface area contributed by atoms with Crippen molar-refractivity contribution in [2.75, 3.05) is 0 Å². The van der Waals surface area contributed by atoms with Crippen LogP contribution < -0.4 is 5.32 Å². The van der Waals surface area contributed by atoms with E-state index in [1.807, 2.05) is 6.20 Å². The third-order valence-electron chi connectivity index (χ3n) is 4.65. The summed E-state index contributed by atoms with van der Waals surface area (Å²) >= 11 is 0. The monoisotopic (exact) mass is 244 g/mol. The summed E-state index contributed by atoms with van der Waals surface area (Å²) in [6.45, 7) is 2.38. The number of rotatable bonds is 2. The summed E-state index contributed by atoms with van der Waals surface area (Å²) in [5.41, 5.74) is 2.78. The van der Waals surface area contributed by atoms with Crippen LogP contribution >= 0.6 is 0 Å². The molecule has 0 bridgehead atoms. The summed E-state index contributed by atoms with van der Waals surface area (Å²) in [4.78, 5) is 4.62. The fourth-order valence-corrected chi connectivity index (χ4v) is 3.48. The Bertz CT molecular complexity index is 394. The molecule has 0 unspecified atom stereocenters. The first-order valence-corrected chi connectivity index (χ1v) is 7.53. The molecule has 1 saturated carbocycles. The van der Waals surface area contributed by atoms with E-state index < -0.39 is 0 Å². The van der Waals surface area contributed by atoms with Gasteiger partial charge >= 0.3 is 0 Å². The molecule has 98 valence electrons. The van der Waals surface area contributed by atoms with Crippen molar-refractivity contribution in [3.05, 3.63) is 29.6 Å². The van der Waals surface area contributed by atoms with Gasteiger partial charge in [-0.25, -0.2) is 0 Å². The Morgan fingerprint density at radius 2 is 2.00 bits per heavy atom. The normalized spacial score (nSPS) is 31.9. The van der Waals surface area contributed by atoms with Crippen LogP contribution in [0.4, 0.5) is 0 Å². The Labute approximate surface area is 110 Å². The van der Waals surface area contributed by atoms with Crippen LogP contribution in [0.1, 0.15) is 62.7 Å². The lowest BCUT2D eigenvalue weighted by Gasteiger charge is -2.33. The van der Waals surface area contributed by atoms with Gasteiger partial charge in [0.25, 0.3) is 0 Å². The minimum absolute atomic E-state index is 0.508. The van der Waals surface area contributed by atoms with Gasteiger partial charge in [0, 0.05) is 18.3 Å². The predicted molar refractivity (Wildman–Crippen MR) is 74.5 cm³/mol. The van der Waals surface area contributed by atoms with E-state index in [-0.39, 0.29) is 0 Å². The molecule has 0 radical (unpaired) electrons. The minimum Gasteiger partial charge on any atom is -0.306 e. The van der Waals surface area contributed by atoms with Crippen LogP contribution in [0.15, 0.2) is 18.3 Å². The average molecular weight is 244 g/mol. The van der Waals surface area contributed by atoms with E-state index >= 15 is 0 Å². The highest BCUT2D eigenvalue weighted by atomic mass is 15.0. The van der Waals surface area contributed by atoms with Gasteiger partial charge < -0.3 is 5.32 Å². The fourth-order valence-electron chi connectivity index (χ4n) is 3.48. The molecule has 1 aromatic rings. The Morgan fingerprint density at radius 1 is 1.17 bits per heavy atom. The van der Waals surface area contributed by atoms with Gasteiger partial charge in [0.05, 0.1) is 5.69 Å². The smallest absolute Gasteiger partial charge is 0.0605 e. The Kier molecular flexibility index (Phi) is 3.64. The van der Waals surface area contributed by atoms with Crippen molar-refractivity contribution in [1.82, 2.24) is 10.3 Å². The molecule has 2 nitrogen and oxygen atoms in total. The summed E-state index contributed by atoms with van der Waals surface area (Å²) in [5, 5.41) is 3.87. The average Bonchev–Trinajstić information content (AvgIpc) is 2.42. The zero-order valence-corrected chi connectivity index (χ0v) is 11.4. The van der Waals surface area contributed by atoms with Gasteiger partial charge in [0.2, 0.25) is 0 Å². The molecule has 1 aromatic heterocycles. The molecular formula is C16H24N2. The van der Waals surface area contributed by atoms with Crippen LogP contribution in [0.2, 0.25) is 0 Å². The summed E-state index contributed by atoms with van der Waals surface area (Å²) in [5.74, 6) is 0.930. The van der Waals surface area contributed by atoms with E-state index in [1.54, 1.807) is 0 Å². The standard InChI is InChI=1S/C16H24N2/c1-12-7-9-14(10-8-12)18-15-6-2-4-13-5-3-11-17-16(13)15/h3,5,11-12,14-15,18H,2,4,6-10H2,1H3/t12?,14?,15-/m0/s1. The third kappa shape index (κ3) is 2.59. The summed E-state index contributed by atoms with van der Waals surface area (Å²) < 4.78 is 0. The maximum atomic E-state index is 4.62. The van der Waals surface area contributed by atoms with Crippen molar-refractivity contribution in [2.24, 2.45) is 5.92 Å². The second-order valence-corrected chi connectivity index (χ2v) is 6.12. The quantitative estimate of drug-likeness (QED) is 0.859. The van der Waals surface area contributed by atoms with Crippen molar-refractivity contribution in [1.29, 1.82) is 0 Å². The largest absolute Gasteiger partial charge is 0.306 e. The molecule has 1 heterocycles. The van der Waals surface area contributed by atoms with Gasteiger partial charge in [-0.05, 0) is 62.5 Å². The molecule has 0 spiro atoms. The van der Waals surface area contributed by atoms with E-state index in [2.05, 4.69) is 29.4 Å². The van der Waals surface area contributed by atoms with E-state index in [4.69, 9.17) is 0 Å². The van der Waals surface area contributed by atoms with Gasteiger partial charge in [-0.2, -0.15) is 0 Å². The lowest BCUT2D eigenvalue weighted by molar-refractivity contribution is 0.275. The molecule has 1 fully saturated rings. The zero-order chi connectivity index (χ0) is 12.4. The van der Waals surface area contributed by atoms with Crippen molar-refractivity contribution >= 4 is 0 Å². The van der Waals surface area contributed by atoms with E-state index in [0.29, 0.717) is 6.04 Å². The van der Waals surface area contributed by atoms with E-state index in [9.17, 15) is 0 Å².